The van der Waals surface area contributed by atoms with Gasteiger partial charge in [-0.05, 0) is 52.7 Å². The first-order chi connectivity index (χ1) is 9.58. The number of halogens is 2. The van der Waals surface area contributed by atoms with Gasteiger partial charge in [-0.15, -0.1) is 0 Å². The second kappa shape index (κ2) is 6.81. The SMILES string of the molecule is CC(=NNC(=O)c1ccccc1Br)c1ccc(Br)cc1. The molecule has 0 spiro atoms. The summed E-state index contributed by atoms with van der Waals surface area (Å²) in [4.78, 5) is 12.0. The predicted molar refractivity (Wildman–Crippen MR) is 88.0 cm³/mol. The van der Waals surface area contributed by atoms with Crippen molar-refractivity contribution in [1.82, 2.24) is 5.43 Å². The Labute approximate surface area is 134 Å². The first-order valence-electron chi connectivity index (χ1n) is 5.93. The number of nitrogens with zero attached hydrogens (tertiary/aromatic N) is 1. The molecule has 1 amide bonds. The number of amides is 1. The van der Waals surface area contributed by atoms with Gasteiger partial charge < -0.3 is 0 Å². The molecular formula is C15H12Br2N2O. The van der Waals surface area contributed by atoms with Gasteiger partial charge in [-0.3, -0.25) is 4.79 Å². The lowest BCUT2D eigenvalue weighted by Crippen LogP contribution is -2.19. The van der Waals surface area contributed by atoms with E-state index >= 15 is 0 Å². The molecule has 1 N–H and O–H groups in total. The summed E-state index contributed by atoms with van der Waals surface area (Å²) in [6, 6.07) is 15.0. The highest BCUT2D eigenvalue weighted by Crippen LogP contribution is 2.15. The van der Waals surface area contributed by atoms with Crippen LogP contribution in [-0.4, -0.2) is 11.6 Å². The number of hydrogen-bond acceptors (Lipinski definition) is 2. The predicted octanol–water partition coefficient (Wildman–Crippen LogP) is 4.37. The Morgan fingerprint density at radius 1 is 1.05 bits per heavy atom. The van der Waals surface area contributed by atoms with Crippen molar-refractivity contribution in [3.8, 4) is 0 Å². The number of rotatable bonds is 3. The molecule has 0 aliphatic rings. The van der Waals surface area contributed by atoms with Crippen LogP contribution in [-0.2, 0) is 0 Å². The van der Waals surface area contributed by atoms with Crippen LogP contribution < -0.4 is 5.43 Å². The van der Waals surface area contributed by atoms with E-state index in [2.05, 4.69) is 42.4 Å². The molecule has 0 aliphatic heterocycles. The number of hydrazone groups is 1. The first-order valence-corrected chi connectivity index (χ1v) is 7.51. The fourth-order valence-electron chi connectivity index (χ4n) is 1.60. The van der Waals surface area contributed by atoms with Crippen molar-refractivity contribution >= 4 is 43.5 Å². The summed E-state index contributed by atoms with van der Waals surface area (Å²) in [5, 5.41) is 4.12. The molecule has 102 valence electrons. The molecule has 2 rings (SSSR count). The average molecular weight is 396 g/mol. The van der Waals surface area contributed by atoms with Crippen molar-refractivity contribution in [2.75, 3.05) is 0 Å². The maximum Gasteiger partial charge on any atom is 0.272 e. The maximum atomic E-state index is 12.0. The zero-order chi connectivity index (χ0) is 14.5. The molecule has 0 radical (unpaired) electrons. The summed E-state index contributed by atoms with van der Waals surface area (Å²) in [6.45, 7) is 1.85. The summed E-state index contributed by atoms with van der Waals surface area (Å²) < 4.78 is 1.75. The van der Waals surface area contributed by atoms with Gasteiger partial charge >= 0.3 is 0 Å². The third kappa shape index (κ3) is 3.77. The van der Waals surface area contributed by atoms with E-state index in [-0.39, 0.29) is 5.91 Å². The van der Waals surface area contributed by atoms with Crippen LogP contribution >= 0.6 is 31.9 Å². The molecule has 0 saturated heterocycles. The fourth-order valence-corrected chi connectivity index (χ4v) is 2.33. The van der Waals surface area contributed by atoms with Gasteiger partial charge in [-0.25, -0.2) is 5.43 Å². The van der Waals surface area contributed by atoms with Crippen LogP contribution in [0.2, 0.25) is 0 Å². The minimum atomic E-state index is -0.242. The van der Waals surface area contributed by atoms with Gasteiger partial charge in [0.2, 0.25) is 0 Å². The Morgan fingerprint density at radius 2 is 1.70 bits per heavy atom. The smallest absolute Gasteiger partial charge is 0.267 e. The second-order valence-electron chi connectivity index (χ2n) is 4.12. The molecule has 0 aliphatic carbocycles. The van der Waals surface area contributed by atoms with Crippen molar-refractivity contribution in [2.24, 2.45) is 5.10 Å². The molecule has 3 nitrogen and oxygen atoms in total. The number of benzene rings is 2. The van der Waals surface area contributed by atoms with Gasteiger partial charge in [0, 0.05) is 8.95 Å². The fraction of sp³-hybridized carbons (Fsp3) is 0.0667. The van der Waals surface area contributed by atoms with E-state index < -0.39 is 0 Å². The van der Waals surface area contributed by atoms with Crippen LogP contribution in [0.15, 0.2) is 62.6 Å². The molecular weight excluding hydrogens is 384 g/mol. The molecule has 0 unspecified atom stereocenters. The zero-order valence-corrected chi connectivity index (χ0v) is 13.9. The largest absolute Gasteiger partial charge is 0.272 e. The topological polar surface area (TPSA) is 41.5 Å². The Kier molecular flexibility index (Phi) is 5.09. The van der Waals surface area contributed by atoms with Crippen LogP contribution in [0, 0.1) is 0 Å². The van der Waals surface area contributed by atoms with Gasteiger partial charge in [-0.1, -0.05) is 40.2 Å². The van der Waals surface area contributed by atoms with Crippen LogP contribution in [0.4, 0.5) is 0 Å². The highest BCUT2D eigenvalue weighted by atomic mass is 79.9. The molecule has 0 bridgehead atoms. The third-order valence-corrected chi connectivity index (χ3v) is 3.93. The minimum Gasteiger partial charge on any atom is -0.267 e. The van der Waals surface area contributed by atoms with Gasteiger partial charge in [0.05, 0.1) is 11.3 Å². The standard InChI is InChI=1S/C15H12Br2N2O/c1-10(11-6-8-12(16)9-7-11)18-19-15(20)13-4-2-3-5-14(13)17/h2-9H,1H3,(H,19,20). The van der Waals surface area contributed by atoms with E-state index in [1.165, 1.54) is 0 Å². The minimum absolute atomic E-state index is 0.242. The zero-order valence-electron chi connectivity index (χ0n) is 10.7. The molecule has 0 atom stereocenters. The van der Waals surface area contributed by atoms with Crippen LogP contribution in [0.5, 0.6) is 0 Å². The number of carbonyl (C=O) groups excluding carboxylic acids is 1. The molecule has 0 heterocycles. The van der Waals surface area contributed by atoms with Gasteiger partial charge in [0.1, 0.15) is 0 Å². The molecule has 2 aromatic rings. The van der Waals surface area contributed by atoms with E-state index in [0.29, 0.717) is 5.56 Å². The van der Waals surface area contributed by atoms with E-state index in [4.69, 9.17) is 0 Å². The van der Waals surface area contributed by atoms with E-state index in [1.807, 2.05) is 49.4 Å². The van der Waals surface area contributed by atoms with Crippen molar-refractivity contribution in [2.45, 2.75) is 6.92 Å². The molecule has 0 saturated carbocycles. The number of hydrogen-bond donors (Lipinski definition) is 1. The van der Waals surface area contributed by atoms with E-state index in [0.717, 1.165) is 20.2 Å². The molecule has 0 aromatic heterocycles. The lowest BCUT2D eigenvalue weighted by Gasteiger charge is -2.04. The van der Waals surface area contributed by atoms with Gasteiger partial charge in [-0.2, -0.15) is 5.10 Å². The summed E-state index contributed by atoms with van der Waals surface area (Å²) in [7, 11) is 0. The summed E-state index contributed by atoms with van der Waals surface area (Å²) >= 11 is 6.72. The van der Waals surface area contributed by atoms with Gasteiger partial charge in [0.25, 0.3) is 5.91 Å². The quantitative estimate of drug-likeness (QED) is 0.608. The van der Waals surface area contributed by atoms with Crippen LogP contribution in [0.3, 0.4) is 0 Å². The Bertz CT molecular complexity index is 651. The third-order valence-electron chi connectivity index (χ3n) is 2.71. The summed E-state index contributed by atoms with van der Waals surface area (Å²) in [6.07, 6.45) is 0. The molecule has 20 heavy (non-hydrogen) atoms. The van der Waals surface area contributed by atoms with Crippen LogP contribution in [0.1, 0.15) is 22.8 Å². The van der Waals surface area contributed by atoms with Crippen molar-refractivity contribution < 1.29 is 4.79 Å². The second-order valence-corrected chi connectivity index (χ2v) is 5.89. The van der Waals surface area contributed by atoms with Crippen molar-refractivity contribution in [3.63, 3.8) is 0 Å². The molecule has 2 aromatic carbocycles. The van der Waals surface area contributed by atoms with E-state index in [1.54, 1.807) is 6.07 Å². The first kappa shape index (κ1) is 14.9. The highest BCUT2D eigenvalue weighted by Gasteiger charge is 2.08. The molecule has 0 fully saturated rings. The van der Waals surface area contributed by atoms with Crippen LogP contribution in [0.25, 0.3) is 0 Å². The molecule has 5 heteroatoms. The normalized spacial score (nSPS) is 11.2. The van der Waals surface area contributed by atoms with E-state index in [9.17, 15) is 4.79 Å². The Morgan fingerprint density at radius 3 is 2.35 bits per heavy atom. The summed E-state index contributed by atoms with van der Waals surface area (Å²) in [5.41, 5.74) is 4.82. The number of carbonyl (C=O) groups is 1. The maximum absolute atomic E-state index is 12.0. The monoisotopic (exact) mass is 394 g/mol. The average Bonchev–Trinajstić information content (AvgIpc) is 2.45. The lowest BCUT2D eigenvalue weighted by molar-refractivity contribution is 0.0954. The highest BCUT2D eigenvalue weighted by molar-refractivity contribution is 9.10. The lowest BCUT2D eigenvalue weighted by atomic mass is 10.1. The number of nitrogens with one attached hydrogen (secondary N) is 1. The van der Waals surface area contributed by atoms with Crippen molar-refractivity contribution in [3.05, 3.63) is 68.6 Å². The Balaban J connectivity index is 2.11. The van der Waals surface area contributed by atoms with Crippen molar-refractivity contribution in [1.29, 1.82) is 0 Å². The Hall–Kier alpha value is -1.46. The van der Waals surface area contributed by atoms with Gasteiger partial charge in [0.15, 0.2) is 0 Å². The summed E-state index contributed by atoms with van der Waals surface area (Å²) in [5.74, 6) is -0.242.